The van der Waals surface area contributed by atoms with E-state index in [1.54, 1.807) is 13.8 Å². The van der Waals surface area contributed by atoms with Crippen molar-refractivity contribution in [1.29, 1.82) is 0 Å². The summed E-state index contributed by atoms with van der Waals surface area (Å²) in [6.07, 6.45) is -4.30. The van der Waals surface area contributed by atoms with Crippen LogP contribution in [-0.2, 0) is 23.8 Å². The van der Waals surface area contributed by atoms with Gasteiger partial charge in [0.1, 0.15) is 23.9 Å². The van der Waals surface area contributed by atoms with Crippen LogP contribution >= 0.6 is 0 Å². The molecule has 7 heteroatoms. The van der Waals surface area contributed by atoms with Crippen molar-refractivity contribution in [1.82, 2.24) is 0 Å². The van der Waals surface area contributed by atoms with Crippen molar-refractivity contribution < 1.29 is 32.1 Å². The number of aryl methyl sites for hydroxylation is 1. The number of benzene rings is 2. The number of hydrogen-bond donors (Lipinski definition) is 1. The summed E-state index contributed by atoms with van der Waals surface area (Å²) in [6, 6.07) is 6.10. The van der Waals surface area contributed by atoms with E-state index in [-0.39, 0.29) is 36.3 Å². The van der Waals surface area contributed by atoms with Crippen LogP contribution in [0.1, 0.15) is 42.0 Å². The molecule has 0 amide bonds. The highest BCUT2D eigenvalue weighted by Crippen LogP contribution is 2.39. The van der Waals surface area contributed by atoms with Gasteiger partial charge in [-0.05, 0) is 60.2 Å². The van der Waals surface area contributed by atoms with E-state index in [1.807, 2.05) is 0 Å². The van der Waals surface area contributed by atoms with Crippen LogP contribution in [0.15, 0.2) is 30.3 Å². The SMILES string of the molecule is CCc1cc(C(F)(F)F)c(C[C@@H](C)c2cc(F)ccc2OCCOC)cc1O. The lowest BCUT2D eigenvalue weighted by Crippen LogP contribution is -2.13. The number of rotatable bonds is 8. The number of ether oxygens (including phenoxy) is 2. The van der Waals surface area contributed by atoms with E-state index in [1.165, 1.54) is 25.3 Å². The molecule has 0 radical (unpaired) electrons. The number of methoxy groups -OCH3 is 1. The first-order valence-electron chi connectivity index (χ1n) is 9.00. The molecule has 3 nitrogen and oxygen atoms in total. The van der Waals surface area contributed by atoms with Gasteiger partial charge in [-0.15, -0.1) is 0 Å². The number of alkyl halides is 3. The Kier molecular flexibility index (Phi) is 7.29. The van der Waals surface area contributed by atoms with Gasteiger partial charge in [-0.25, -0.2) is 4.39 Å². The summed E-state index contributed by atoms with van der Waals surface area (Å²) in [5, 5.41) is 10.0. The first-order valence-corrected chi connectivity index (χ1v) is 9.00. The van der Waals surface area contributed by atoms with Crippen LogP contribution in [0.2, 0.25) is 0 Å². The van der Waals surface area contributed by atoms with Crippen LogP contribution in [-0.4, -0.2) is 25.4 Å². The summed E-state index contributed by atoms with van der Waals surface area (Å²) in [5.41, 5.74) is -0.129. The van der Waals surface area contributed by atoms with Crippen molar-refractivity contribution in [2.24, 2.45) is 0 Å². The van der Waals surface area contributed by atoms with Gasteiger partial charge in [-0.2, -0.15) is 13.2 Å². The fraction of sp³-hybridized carbons (Fsp3) is 0.429. The van der Waals surface area contributed by atoms with E-state index in [2.05, 4.69) is 0 Å². The largest absolute Gasteiger partial charge is 0.508 e. The Hall–Kier alpha value is -2.28. The zero-order chi connectivity index (χ0) is 20.9. The van der Waals surface area contributed by atoms with Gasteiger partial charge >= 0.3 is 6.18 Å². The second-order valence-corrected chi connectivity index (χ2v) is 6.62. The second-order valence-electron chi connectivity index (χ2n) is 6.62. The molecular weight excluding hydrogens is 376 g/mol. The van der Waals surface area contributed by atoms with Gasteiger partial charge in [0.2, 0.25) is 0 Å². The molecule has 1 atom stereocenters. The third-order valence-electron chi connectivity index (χ3n) is 4.56. The number of halogens is 4. The summed E-state index contributed by atoms with van der Waals surface area (Å²) >= 11 is 0. The number of phenols is 1. The number of hydrogen-bond acceptors (Lipinski definition) is 3. The molecule has 0 saturated heterocycles. The average Bonchev–Trinajstić information content (AvgIpc) is 2.62. The molecule has 0 heterocycles. The predicted octanol–water partition coefficient (Wildman–Crippen LogP) is 5.48. The maximum atomic E-state index is 13.8. The minimum Gasteiger partial charge on any atom is -0.508 e. The molecule has 0 aliphatic heterocycles. The topological polar surface area (TPSA) is 38.7 Å². The highest BCUT2D eigenvalue weighted by molar-refractivity contribution is 5.45. The van der Waals surface area contributed by atoms with Crippen molar-refractivity contribution in [3.63, 3.8) is 0 Å². The van der Waals surface area contributed by atoms with Gasteiger partial charge in [-0.3, -0.25) is 0 Å². The predicted molar refractivity (Wildman–Crippen MR) is 98.4 cm³/mol. The Bertz CT molecular complexity index is 803. The van der Waals surface area contributed by atoms with E-state index >= 15 is 0 Å². The molecule has 0 aliphatic carbocycles. The van der Waals surface area contributed by atoms with Crippen LogP contribution in [0, 0.1) is 5.82 Å². The number of phenolic OH excluding ortho intramolecular Hbond substituents is 1. The maximum absolute atomic E-state index is 13.8. The highest BCUT2D eigenvalue weighted by atomic mass is 19.4. The van der Waals surface area contributed by atoms with E-state index in [0.29, 0.717) is 17.9 Å². The van der Waals surface area contributed by atoms with E-state index in [9.17, 15) is 22.7 Å². The lowest BCUT2D eigenvalue weighted by Gasteiger charge is -2.21. The van der Waals surface area contributed by atoms with Crippen LogP contribution in [0.5, 0.6) is 11.5 Å². The zero-order valence-corrected chi connectivity index (χ0v) is 16.1. The minimum absolute atomic E-state index is 0.0313. The molecule has 0 bridgehead atoms. The standard InChI is InChI=1S/C21H24F4O3/c1-4-14-10-18(21(23,24)25)15(11-19(14)26)9-13(2)17-12-16(22)5-6-20(17)28-8-7-27-3/h5-6,10-13,26H,4,7-9H2,1-3H3/t13-/m1/s1. The van der Waals surface area contributed by atoms with Gasteiger partial charge in [0.25, 0.3) is 0 Å². The summed E-state index contributed by atoms with van der Waals surface area (Å²) in [6.45, 7) is 3.94. The van der Waals surface area contributed by atoms with Gasteiger partial charge in [0, 0.05) is 12.7 Å². The second kappa shape index (κ2) is 9.28. The summed E-state index contributed by atoms with van der Waals surface area (Å²) in [7, 11) is 1.52. The van der Waals surface area contributed by atoms with Crippen molar-refractivity contribution in [2.75, 3.05) is 20.3 Å². The summed E-state index contributed by atoms with van der Waals surface area (Å²) in [4.78, 5) is 0. The summed E-state index contributed by atoms with van der Waals surface area (Å²) < 4.78 is 64.8. The molecule has 28 heavy (non-hydrogen) atoms. The van der Waals surface area contributed by atoms with Gasteiger partial charge in [0.05, 0.1) is 12.2 Å². The molecule has 0 fully saturated rings. The normalized spacial score (nSPS) is 12.8. The lowest BCUT2D eigenvalue weighted by molar-refractivity contribution is -0.138. The van der Waals surface area contributed by atoms with E-state index in [4.69, 9.17) is 9.47 Å². The fourth-order valence-electron chi connectivity index (χ4n) is 3.10. The molecule has 0 unspecified atom stereocenters. The smallest absolute Gasteiger partial charge is 0.416 e. The van der Waals surface area contributed by atoms with Crippen LogP contribution < -0.4 is 4.74 Å². The third kappa shape index (κ3) is 5.38. The zero-order valence-electron chi connectivity index (χ0n) is 16.1. The lowest BCUT2D eigenvalue weighted by atomic mass is 9.89. The Morgan fingerprint density at radius 3 is 2.39 bits per heavy atom. The van der Waals surface area contributed by atoms with Gasteiger partial charge in [-0.1, -0.05) is 13.8 Å². The molecule has 0 spiro atoms. The van der Waals surface area contributed by atoms with E-state index in [0.717, 1.165) is 12.1 Å². The van der Waals surface area contributed by atoms with E-state index < -0.39 is 23.5 Å². The quantitative estimate of drug-likeness (QED) is 0.471. The molecular formula is C21H24F4O3. The van der Waals surface area contributed by atoms with Crippen LogP contribution in [0.3, 0.4) is 0 Å². The van der Waals surface area contributed by atoms with Crippen LogP contribution in [0.25, 0.3) is 0 Å². The summed E-state index contributed by atoms with van der Waals surface area (Å²) in [5.74, 6) is -0.746. The Balaban J connectivity index is 2.38. The molecule has 0 aromatic heterocycles. The maximum Gasteiger partial charge on any atom is 0.416 e. The van der Waals surface area contributed by atoms with Crippen LogP contribution in [0.4, 0.5) is 17.6 Å². The molecule has 2 aromatic rings. The first kappa shape index (κ1) is 22.0. The average molecular weight is 400 g/mol. The molecule has 0 aliphatic rings. The van der Waals surface area contributed by atoms with Crippen molar-refractivity contribution in [2.45, 2.75) is 38.8 Å². The molecule has 2 aromatic carbocycles. The Morgan fingerprint density at radius 1 is 1.07 bits per heavy atom. The van der Waals surface area contributed by atoms with Crippen molar-refractivity contribution in [3.05, 3.63) is 58.4 Å². The van der Waals surface area contributed by atoms with Gasteiger partial charge < -0.3 is 14.6 Å². The first-order chi connectivity index (χ1) is 13.2. The minimum atomic E-state index is -4.55. The molecule has 154 valence electrons. The van der Waals surface area contributed by atoms with Crippen molar-refractivity contribution >= 4 is 0 Å². The molecule has 1 N–H and O–H groups in total. The third-order valence-corrected chi connectivity index (χ3v) is 4.56. The van der Waals surface area contributed by atoms with Crippen molar-refractivity contribution in [3.8, 4) is 11.5 Å². The fourth-order valence-corrected chi connectivity index (χ4v) is 3.10. The Labute approximate surface area is 161 Å². The Morgan fingerprint density at radius 2 is 1.79 bits per heavy atom. The number of aromatic hydroxyl groups is 1. The van der Waals surface area contributed by atoms with Gasteiger partial charge in [0.15, 0.2) is 0 Å². The monoisotopic (exact) mass is 400 g/mol. The molecule has 0 saturated carbocycles. The molecule has 2 rings (SSSR count). The highest BCUT2D eigenvalue weighted by Gasteiger charge is 2.34.